The first-order chi connectivity index (χ1) is 14.2. The Labute approximate surface area is 172 Å². The summed E-state index contributed by atoms with van der Waals surface area (Å²) in [6, 6.07) is 13.9. The van der Waals surface area contributed by atoms with Crippen LogP contribution in [0.3, 0.4) is 0 Å². The lowest BCUT2D eigenvalue weighted by Crippen LogP contribution is -2.16. The molecule has 0 saturated carbocycles. The third-order valence-electron chi connectivity index (χ3n) is 4.40. The predicted molar refractivity (Wildman–Crippen MR) is 110 cm³/mol. The molecule has 0 unspecified atom stereocenters. The van der Waals surface area contributed by atoms with E-state index in [-0.39, 0.29) is 11.6 Å². The quantitative estimate of drug-likeness (QED) is 0.497. The van der Waals surface area contributed by atoms with E-state index >= 15 is 0 Å². The Kier molecular flexibility index (Phi) is 6.01. The van der Waals surface area contributed by atoms with Gasteiger partial charge in [0.25, 0.3) is 0 Å². The second-order valence-corrected chi connectivity index (χ2v) is 6.85. The van der Waals surface area contributed by atoms with Gasteiger partial charge in [0.05, 0.1) is 0 Å². The fourth-order valence-electron chi connectivity index (χ4n) is 3.08. The molecule has 30 heavy (non-hydrogen) atoms. The van der Waals surface area contributed by atoms with Crippen LogP contribution in [0.25, 0.3) is 11.1 Å². The van der Waals surface area contributed by atoms with Gasteiger partial charge in [-0.1, -0.05) is 12.1 Å². The Hall–Kier alpha value is -3.87. The summed E-state index contributed by atoms with van der Waals surface area (Å²) in [6.45, 7) is 3.60. The molecule has 0 aliphatic carbocycles. The van der Waals surface area contributed by atoms with Crippen LogP contribution >= 0.6 is 0 Å². The smallest absolute Gasteiger partial charge is 0.312 e. The van der Waals surface area contributed by atoms with E-state index in [1.165, 1.54) is 18.2 Å². The van der Waals surface area contributed by atoms with Gasteiger partial charge in [0.15, 0.2) is 0 Å². The van der Waals surface area contributed by atoms with Gasteiger partial charge >= 0.3 is 5.97 Å². The van der Waals surface area contributed by atoms with Crippen molar-refractivity contribution in [3.63, 3.8) is 0 Å². The molecule has 3 aromatic carbocycles. The van der Waals surface area contributed by atoms with Crippen LogP contribution in [0.1, 0.15) is 17.5 Å². The molecule has 0 saturated heterocycles. The van der Waals surface area contributed by atoms with Crippen LogP contribution in [-0.4, -0.2) is 22.1 Å². The number of aliphatic carboxylic acids is 1. The first-order valence-corrected chi connectivity index (χ1v) is 9.12. The summed E-state index contributed by atoms with van der Waals surface area (Å²) in [5.41, 5.74) is 3.08. The minimum Gasteiger partial charge on any atom is -0.507 e. The second-order valence-electron chi connectivity index (χ2n) is 6.85. The maximum atomic E-state index is 13.2. The molecular weight excluding hydrogens is 389 g/mol. The van der Waals surface area contributed by atoms with Gasteiger partial charge in [-0.2, -0.15) is 0 Å². The lowest BCUT2D eigenvalue weighted by atomic mass is 10.0. The number of benzene rings is 3. The first-order valence-electron chi connectivity index (χ1n) is 9.12. The molecular formula is C23H20FNO5. The number of hydrogen-bond donors (Lipinski definition) is 3. The Morgan fingerprint density at radius 2 is 1.63 bits per heavy atom. The number of amides is 1. The molecule has 3 N–H and O–H groups in total. The number of phenols is 1. The van der Waals surface area contributed by atoms with Crippen molar-refractivity contribution in [3.8, 4) is 28.4 Å². The van der Waals surface area contributed by atoms with E-state index in [2.05, 4.69) is 5.32 Å². The second kappa shape index (κ2) is 8.65. The lowest BCUT2D eigenvalue weighted by molar-refractivity contribution is -0.139. The Morgan fingerprint density at radius 3 is 2.23 bits per heavy atom. The van der Waals surface area contributed by atoms with Gasteiger partial charge in [0, 0.05) is 11.3 Å². The molecule has 0 heterocycles. The van der Waals surface area contributed by atoms with Crippen molar-refractivity contribution >= 4 is 17.6 Å². The fourth-order valence-corrected chi connectivity index (χ4v) is 3.08. The first kappa shape index (κ1) is 20.9. The molecule has 0 bridgehead atoms. The van der Waals surface area contributed by atoms with Crippen LogP contribution < -0.4 is 10.1 Å². The highest BCUT2D eigenvalue weighted by atomic mass is 19.1. The van der Waals surface area contributed by atoms with Gasteiger partial charge in [-0.05, 0) is 73.0 Å². The van der Waals surface area contributed by atoms with Crippen molar-refractivity contribution in [2.75, 3.05) is 5.32 Å². The lowest BCUT2D eigenvalue weighted by Gasteiger charge is -2.15. The van der Waals surface area contributed by atoms with Crippen molar-refractivity contribution in [1.29, 1.82) is 0 Å². The number of phenolic OH excluding ortho intramolecular Hbond substituents is 1. The van der Waals surface area contributed by atoms with E-state index in [4.69, 9.17) is 9.84 Å². The molecule has 154 valence electrons. The number of carboxylic acid groups (broad SMARTS) is 1. The zero-order valence-electron chi connectivity index (χ0n) is 16.4. The third-order valence-corrected chi connectivity index (χ3v) is 4.40. The fraction of sp³-hybridized carbons (Fsp3) is 0.130. The summed E-state index contributed by atoms with van der Waals surface area (Å²) in [7, 11) is 0. The van der Waals surface area contributed by atoms with Gasteiger partial charge in [-0.25, -0.2) is 4.39 Å². The number of carbonyl (C=O) groups is 2. The minimum absolute atomic E-state index is 0.0406. The zero-order chi connectivity index (χ0) is 21.8. The van der Waals surface area contributed by atoms with E-state index in [1.54, 1.807) is 50.2 Å². The molecule has 7 heteroatoms. The van der Waals surface area contributed by atoms with Crippen molar-refractivity contribution in [2.45, 2.75) is 20.3 Å². The molecule has 0 spiro atoms. The minimum atomic E-state index is -1.20. The molecule has 0 atom stereocenters. The van der Waals surface area contributed by atoms with Gasteiger partial charge in [0.2, 0.25) is 5.91 Å². The maximum absolute atomic E-state index is 13.2. The third kappa shape index (κ3) is 4.94. The summed E-state index contributed by atoms with van der Waals surface area (Å²) in [6.07, 6.45) is -0.615. The number of carbonyl (C=O) groups excluding carboxylic acids is 1. The normalized spacial score (nSPS) is 10.5. The van der Waals surface area contributed by atoms with Crippen LogP contribution in [0.5, 0.6) is 17.2 Å². The van der Waals surface area contributed by atoms with E-state index in [0.29, 0.717) is 28.3 Å². The zero-order valence-corrected chi connectivity index (χ0v) is 16.4. The van der Waals surface area contributed by atoms with E-state index in [1.807, 2.05) is 0 Å². The SMILES string of the molecule is Cc1cc(NC(=O)CC(=O)O)cc(C)c1Oc1ccc(O)c(-c2ccc(F)cc2)c1. The van der Waals surface area contributed by atoms with Crippen LogP contribution in [0.2, 0.25) is 0 Å². The number of aromatic hydroxyl groups is 1. The highest BCUT2D eigenvalue weighted by Crippen LogP contribution is 2.36. The molecule has 0 aliphatic heterocycles. The van der Waals surface area contributed by atoms with Gasteiger partial charge in [-0.3, -0.25) is 9.59 Å². The van der Waals surface area contributed by atoms with Gasteiger partial charge < -0.3 is 20.3 Å². The number of carboxylic acids is 1. The highest BCUT2D eigenvalue weighted by molar-refractivity contribution is 6.01. The predicted octanol–water partition coefficient (Wildman–Crippen LogP) is 5.02. The summed E-state index contributed by atoms with van der Waals surface area (Å²) >= 11 is 0. The summed E-state index contributed by atoms with van der Waals surface area (Å²) < 4.78 is 19.2. The number of hydrogen-bond acceptors (Lipinski definition) is 4. The van der Waals surface area contributed by atoms with Crippen molar-refractivity contribution < 1.29 is 28.9 Å². The van der Waals surface area contributed by atoms with E-state index in [9.17, 15) is 19.1 Å². The maximum Gasteiger partial charge on any atom is 0.312 e. The van der Waals surface area contributed by atoms with Crippen molar-refractivity contribution in [3.05, 3.63) is 71.5 Å². The van der Waals surface area contributed by atoms with Crippen molar-refractivity contribution in [2.24, 2.45) is 0 Å². The number of ether oxygens (including phenoxy) is 1. The monoisotopic (exact) mass is 409 g/mol. The number of anilines is 1. The molecule has 3 aromatic rings. The average Bonchev–Trinajstić information content (AvgIpc) is 2.66. The van der Waals surface area contributed by atoms with Crippen LogP contribution in [0.15, 0.2) is 54.6 Å². The van der Waals surface area contributed by atoms with E-state index in [0.717, 1.165) is 11.1 Å². The number of aryl methyl sites for hydroxylation is 2. The van der Waals surface area contributed by atoms with Gasteiger partial charge in [0.1, 0.15) is 29.5 Å². The van der Waals surface area contributed by atoms with Crippen LogP contribution in [-0.2, 0) is 9.59 Å². The molecule has 0 aliphatic rings. The molecule has 3 rings (SSSR count). The summed E-state index contributed by atoms with van der Waals surface area (Å²) in [5, 5.41) is 21.4. The number of halogens is 1. The summed E-state index contributed by atoms with van der Waals surface area (Å²) in [4.78, 5) is 22.3. The van der Waals surface area contributed by atoms with Crippen LogP contribution in [0.4, 0.5) is 10.1 Å². The van der Waals surface area contributed by atoms with Crippen molar-refractivity contribution in [1.82, 2.24) is 0 Å². The average molecular weight is 409 g/mol. The van der Waals surface area contributed by atoms with Gasteiger partial charge in [-0.15, -0.1) is 0 Å². The molecule has 1 amide bonds. The standard InChI is InChI=1S/C23H20FNO5/c1-13-9-17(25-21(27)12-22(28)29)10-14(2)23(13)30-18-7-8-20(26)19(11-18)15-3-5-16(24)6-4-15/h3-11,26H,12H2,1-2H3,(H,25,27)(H,28,29). The Balaban J connectivity index is 1.86. The van der Waals surface area contributed by atoms with E-state index < -0.39 is 18.3 Å². The molecule has 0 aromatic heterocycles. The highest BCUT2D eigenvalue weighted by Gasteiger charge is 2.13. The number of nitrogens with one attached hydrogen (secondary N) is 1. The molecule has 0 fully saturated rings. The van der Waals surface area contributed by atoms with Crippen LogP contribution in [0, 0.1) is 19.7 Å². The molecule has 6 nitrogen and oxygen atoms in total. The number of rotatable bonds is 6. The summed E-state index contributed by atoms with van der Waals surface area (Å²) in [5.74, 6) is -1.10. The Bertz CT molecular complexity index is 1090. The Morgan fingerprint density at radius 1 is 1.00 bits per heavy atom. The topological polar surface area (TPSA) is 95.9 Å². The largest absolute Gasteiger partial charge is 0.507 e. The molecule has 0 radical (unpaired) electrons.